The number of halogens is 9. The number of rotatable bonds is 3. The molecule has 20 heavy (non-hydrogen) atoms. The topological polar surface area (TPSA) is 0 Å². The molecule has 0 spiro atoms. The molecule has 1 aromatic carbocycles. The van der Waals surface area contributed by atoms with Crippen LogP contribution in [0.1, 0.15) is 12.0 Å². The Hall–Kier alpha value is -0.310. The van der Waals surface area contributed by atoms with Crippen LogP contribution in [0.25, 0.3) is 0 Å². The zero-order valence-electron chi connectivity index (χ0n) is 9.47. The Bertz CT molecular complexity index is 444. The van der Waals surface area contributed by atoms with E-state index in [1.54, 1.807) is 0 Å². The molecular formula is C11H6Br2F7. The van der Waals surface area contributed by atoms with Gasteiger partial charge in [0, 0.05) is 21.4 Å². The summed E-state index contributed by atoms with van der Waals surface area (Å²) in [5.41, 5.74) is -5.10. The van der Waals surface area contributed by atoms with Gasteiger partial charge in [0.2, 0.25) is 0 Å². The van der Waals surface area contributed by atoms with Crippen molar-refractivity contribution < 1.29 is 30.7 Å². The van der Waals surface area contributed by atoms with Gasteiger partial charge in [-0.25, -0.2) is 4.39 Å². The predicted octanol–water partition coefficient (Wildman–Crippen LogP) is 5.78. The highest BCUT2D eigenvalue weighted by molar-refractivity contribution is 9.11. The van der Waals surface area contributed by atoms with Crippen LogP contribution in [0.2, 0.25) is 0 Å². The molecule has 113 valence electrons. The van der Waals surface area contributed by atoms with Gasteiger partial charge in [-0.05, 0) is 24.1 Å². The second-order valence-corrected chi connectivity index (χ2v) is 5.69. The Morgan fingerprint density at radius 2 is 1.25 bits per heavy atom. The number of benzene rings is 1. The van der Waals surface area contributed by atoms with Crippen molar-refractivity contribution in [3.8, 4) is 0 Å². The predicted molar refractivity (Wildman–Crippen MR) is 64.9 cm³/mol. The molecule has 0 nitrogen and oxygen atoms in total. The van der Waals surface area contributed by atoms with Crippen molar-refractivity contribution in [1.82, 2.24) is 0 Å². The van der Waals surface area contributed by atoms with E-state index in [-0.39, 0.29) is 5.56 Å². The third kappa shape index (κ3) is 3.87. The Balaban J connectivity index is 2.99. The summed E-state index contributed by atoms with van der Waals surface area (Å²) in [5.74, 6) is 0. The van der Waals surface area contributed by atoms with Gasteiger partial charge in [-0.3, -0.25) is 0 Å². The minimum atomic E-state index is -6.01. The van der Waals surface area contributed by atoms with Gasteiger partial charge in [0.15, 0.2) is 0 Å². The second kappa shape index (κ2) is 5.82. The monoisotopic (exact) mass is 429 g/mol. The maximum atomic E-state index is 13.4. The van der Waals surface area contributed by atoms with E-state index < -0.39 is 30.9 Å². The average molecular weight is 431 g/mol. The summed E-state index contributed by atoms with van der Waals surface area (Å²) < 4.78 is 88.1. The van der Waals surface area contributed by atoms with Crippen LogP contribution in [-0.2, 0) is 6.42 Å². The Labute approximate surface area is 126 Å². The van der Waals surface area contributed by atoms with Crippen molar-refractivity contribution in [3.63, 3.8) is 0 Å². The van der Waals surface area contributed by atoms with Crippen molar-refractivity contribution in [3.05, 3.63) is 32.7 Å². The Kier molecular flexibility index (Phi) is 5.17. The lowest BCUT2D eigenvalue weighted by molar-refractivity contribution is -0.343. The number of alkyl halides is 7. The molecule has 1 radical (unpaired) electrons. The summed E-state index contributed by atoms with van der Waals surface area (Å²) in [4.78, 5) is 0. The van der Waals surface area contributed by atoms with Gasteiger partial charge in [0.25, 0.3) is 5.67 Å². The first kappa shape index (κ1) is 17.7. The third-order valence-electron chi connectivity index (χ3n) is 2.52. The highest BCUT2D eigenvalue weighted by Crippen LogP contribution is 2.48. The number of hydrogen-bond donors (Lipinski definition) is 0. The quantitative estimate of drug-likeness (QED) is 0.533. The Morgan fingerprint density at radius 3 is 1.60 bits per heavy atom. The van der Waals surface area contributed by atoms with Crippen LogP contribution in [0.3, 0.4) is 0 Å². The first-order chi connectivity index (χ1) is 8.87. The fraction of sp³-hybridized carbons (Fsp3) is 0.455. The van der Waals surface area contributed by atoms with Gasteiger partial charge in [-0.2, -0.15) is 26.3 Å². The van der Waals surface area contributed by atoms with E-state index in [1.807, 2.05) is 0 Å². The lowest BCUT2D eigenvalue weighted by Gasteiger charge is -2.29. The van der Waals surface area contributed by atoms with Crippen LogP contribution >= 0.6 is 31.9 Å². The highest BCUT2D eigenvalue weighted by atomic mass is 79.9. The lowest BCUT2D eigenvalue weighted by atomic mass is 9.95. The molecule has 0 aliphatic carbocycles. The van der Waals surface area contributed by atoms with E-state index in [9.17, 15) is 30.7 Å². The van der Waals surface area contributed by atoms with Crippen LogP contribution in [-0.4, -0.2) is 18.0 Å². The average Bonchev–Trinajstić information content (AvgIpc) is 2.21. The van der Waals surface area contributed by atoms with Gasteiger partial charge in [0.05, 0.1) is 0 Å². The van der Waals surface area contributed by atoms with E-state index >= 15 is 0 Å². The van der Waals surface area contributed by atoms with E-state index in [2.05, 4.69) is 37.9 Å². The molecule has 0 saturated heterocycles. The smallest absolute Gasteiger partial charge is 0.224 e. The Morgan fingerprint density at radius 1 is 0.850 bits per heavy atom. The molecule has 0 saturated carbocycles. The van der Waals surface area contributed by atoms with Crippen molar-refractivity contribution >= 4 is 31.9 Å². The van der Waals surface area contributed by atoms with Gasteiger partial charge in [-0.15, -0.1) is 0 Å². The van der Waals surface area contributed by atoms with Gasteiger partial charge in [-0.1, -0.05) is 31.9 Å². The maximum Gasteiger partial charge on any atom is 0.431 e. The molecule has 0 atom stereocenters. The molecule has 0 heterocycles. The molecule has 9 heteroatoms. The fourth-order valence-electron chi connectivity index (χ4n) is 1.46. The third-order valence-corrected chi connectivity index (χ3v) is 3.37. The molecule has 0 aliphatic rings. The maximum absolute atomic E-state index is 13.4. The largest absolute Gasteiger partial charge is 0.431 e. The second-order valence-electron chi connectivity index (χ2n) is 3.98. The normalized spacial score (nSPS) is 13.7. The van der Waals surface area contributed by atoms with Crippen LogP contribution in [0.15, 0.2) is 21.1 Å². The van der Waals surface area contributed by atoms with Crippen LogP contribution < -0.4 is 0 Å². The molecule has 0 fully saturated rings. The zero-order chi connectivity index (χ0) is 15.8. The molecule has 0 aromatic heterocycles. The van der Waals surface area contributed by atoms with E-state index in [0.717, 1.165) is 0 Å². The van der Waals surface area contributed by atoms with Crippen molar-refractivity contribution in [2.45, 2.75) is 30.9 Å². The first-order valence-electron chi connectivity index (χ1n) is 5.06. The standard InChI is InChI=1S/C11H6Br2F7/c12-7-3-6(4-8(13)5-7)1-2-9(14,10(15,16)17)11(18,19)20/h3-4H,1-2H2. The summed E-state index contributed by atoms with van der Waals surface area (Å²) in [6.45, 7) is 0. The van der Waals surface area contributed by atoms with Crippen LogP contribution in [0.4, 0.5) is 30.7 Å². The molecule has 0 aliphatic heterocycles. The summed E-state index contributed by atoms with van der Waals surface area (Å²) >= 11 is 5.98. The molecule has 0 unspecified atom stereocenters. The fourth-order valence-corrected chi connectivity index (χ4v) is 2.74. The van der Waals surface area contributed by atoms with Crippen molar-refractivity contribution in [2.75, 3.05) is 0 Å². The van der Waals surface area contributed by atoms with E-state index in [1.165, 1.54) is 12.1 Å². The highest BCUT2D eigenvalue weighted by Gasteiger charge is 2.71. The van der Waals surface area contributed by atoms with Crippen LogP contribution in [0.5, 0.6) is 0 Å². The zero-order valence-corrected chi connectivity index (χ0v) is 12.6. The number of hydrogen-bond acceptors (Lipinski definition) is 0. The molecule has 1 aromatic rings. The summed E-state index contributed by atoms with van der Waals surface area (Å²) in [6, 6.07) is 5.21. The van der Waals surface area contributed by atoms with Crippen LogP contribution in [0, 0.1) is 6.07 Å². The summed E-state index contributed by atoms with van der Waals surface area (Å²) in [5, 5.41) is 0. The lowest BCUT2D eigenvalue weighted by Crippen LogP contribution is -2.53. The molecule has 0 bridgehead atoms. The van der Waals surface area contributed by atoms with Gasteiger partial charge >= 0.3 is 12.4 Å². The SMILES string of the molecule is FC(F)(F)C(F)(CCc1cc(Br)[c]c(Br)c1)C(F)(F)F. The summed E-state index contributed by atoms with van der Waals surface area (Å²) in [7, 11) is 0. The molecular weight excluding hydrogens is 425 g/mol. The summed E-state index contributed by atoms with van der Waals surface area (Å²) in [6.07, 6.45) is -14.5. The molecule has 1 rings (SSSR count). The minimum Gasteiger partial charge on any atom is -0.224 e. The van der Waals surface area contributed by atoms with Crippen molar-refractivity contribution in [1.29, 1.82) is 0 Å². The molecule has 0 amide bonds. The van der Waals surface area contributed by atoms with Gasteiger partial charge in [0.1, 0.15) is 0 Å². The number of aryl methyl sites for hydroxylation is 1. The van der Waals surface area contributed by atoms with E-state index in [4.69, 9.17) is 0 Å². The van der Waals surface area contributed by atoms with Gasteiger partial charge < -0.3 is 0 Å². The molecule has 0 N–H and O–H groups in total. The minimum absolute atomic E-state index is 0.123. The van der Waals surface area contributed by atoms with E-state index in [0.29, 0.717) is 8.95 Å². The first-order valence-corrected chi connectivity index (χ1v) is 6.65. The van der Waals surface area contributed by atoms with Crippen molar-refractivity contribution in [2.24, 2.45) is 0 Å².